The number of nitrogens with zero attached hydrogens (tertiary/aromatic N) is 1. The normalized spacial score (nSPS) is 18.8. The quantitative estimate of drug-likeness (QED) is 0.645. The first kappa shape index (κ1) is 13.4. The summed E-state index contributed by atoms with van der Waals surface area (Å²) in [6.45, 7) is 3.56. The highest BCUT2D eigenvalue weighted by atomic mass is 32.2. The van der Waals surface area contributed by atoms with Gasteiger partial charge in [-0.15, -0.1) is 0 Å². The summed E-state index contributed by atoms with van der Waals surface area (Å²) < 4.78 is 21.4. The number of primary sulfonamides is 1. The van der Waals surface area contributed by atoms with Crippen LogP contribution in [-0.2, 0) is 14.8 Å². The van der Waals surface area contributed by atoms with Crippen LogP contribution in [0.25, 0.3) is 0 Å². The molecule has 16 heavy (non-hydrogen) atoms. The Bertz CT molecular complexity index is 336. The molecule has 6 nitrogen and oxygen atoms in total. The molecule has 1 rings (SSSR count). The molecule has 0 radical (unpaired) electrons. The van der Waals surface area contributed by atoms with Gasteiger partial charge in [0.15, 0.2) is 0 Å². The molecular formula is C9H19N3O3S. The minimum atomic E-state index is -3.45. The van der Waals surface area contributed by atoms with Gasteiger partial charge in [0.2, 0.25) is 15.9 Å². The Morgan fingerprint density at radius 2 is 2.00 bits per heavy atom. The largest absolute Gasteiger partial charge is 0.341 e. The number of sulfonamides is 1. The fraction of sp³-hybridized carbons (Fsp3) is 0.889. The molecule has 94 valence electrons. The fourth-order valence-corrected chi connectivity index (χ4v) is 2.12. The predicted octanol–water partition coefficient (Wildman–Crippen LogP) is -1.12. The Morgan fingerprint density at radius 3 is 2.50 bits per heavy atom. The van der Waals surface area contributed by atoms with E-state index in [0.717, 1.165) is 25.9 Å². The van der Waals surface area contributed by atoms with Crippen molar-refractivity contribution in [2.75, 3.05) is 25.4 Å². The van der Waals surface area contributed by atoms with Crippen LogP contribution in [0.15, 0.2) is 0 Å². The molecule has 7 heteroatoms. The third kappa shape index (κ3) is 4.46. The average molecular weight is 249 g/mol. The zero-order valence-electron chi connectivity index (χ0n) is 9.48. The van der Waals surface area contributed by atoms with Gasteiger partial charge in [0.1, 0.15) is 0 Å². The van der Waals surface area contributed by atoms with Crippen molar-refractivity contribution in [3.05, 3.63) is 0 Å². The number of carbonyl (C=O) groups excluding carboxylic acids is 1. The molecule has 1 unspecified atom stereocenters. The maximum absolute atomic E-state index is 11.8. The summed E-state index contributed by atoms with van der Waals surface area (Å²) in [5, 5.41) is 7.72. The van der Waals surface area contributed by atoms with Gasteiger partial charge in [-0.2, -0.15) is 0 Å². The summed E-state index contributed by atoms with van der Waals surface area (Å²) in [5.41, 5.74) is 0. The van der Waals surface area contributed by atoms with Crippen molar-refractivity contribution in [3.8, 4) is 0 Å². The van der Waals surface area contributed by atoms with E-state index in [2.05, 4.69) is 5.32 Å². The Balaban J connectivity index is 2.28. The summed E-state index contributed by atoms with van der Waals surface area (Å²) in [4.78, 5) is 13.6. The topological polar surface area (TPSA) is 92.5 Å². The summed E-state index contributed by atoms with van der Waals surface area (Å²) in [6.07, 6.45) is 2.10. The molecule has 0 aromatic carbocycles. The Kier molecular flexibility index (Phi) is 4.69. The monoisotopic (exact) mass is 249 g/mol. The number of carbonyl (C=O) groups is 1. The van der Waals surface area contributed by atoms with Crippen LogP contribution in [0.3, 0.4) is 0 Å². The Hall–Kier alpha value is -0.660. The van der Waals surface area contributed by atoms with Crippen LogP contribution in [0, 0.1) is 0 Å². The first-order valence-corrected chi connectivity index (χ1v) is 7.14. The molecule has 0 bridgehead atoms. The van der Waals surface area contributed by atoms with E-state index in [9.17, 15) is 13.2 Å². The van der Waals surface area contributed by atoms with E-state index in [1.54, 1.807) is 11.8 Å². The molecule has 1 amide bonds. The SMILES string of the molecule is CC(NCCS(N)(=O)=O)C(=O)N1CCCC1. The molecule has 0 aromatic rings. The van der Waals surface area contributed by atoms with Crippen molar-refractivity contribution in [2.45, 2.75) is 25.8 Å². The van der Waals surface area contributed by atoms with Gasteiger partial charge in [-0.25, -0.2) is 13.6 Å². The van der Waals surface area contributed by atoms with Crippen LogP contribution in [0.4, 0.5) is 0 Å². The molecule has 1 aliphatic heterocycles. The Morgan fingerprint density at radius 1 is 1.44 bits per heavy atom. The molecule has 0 aliphatic carbocycles. The zero-order chi connectivity index (χ0) is 12.2. The van der Waals surface area contributed by atoms with Crippen molar-refractivity contribution < 1.29 is 13.2 Å². The molecule has 1 aliphatic rings. The molecule has 0 spiro atoms. The fourth-order valence-electron chi connectivity index (χ4n) is 1.72. The zero-order valence-corrected chi connectivity index (χ0v) is 10.3. The minimum Gasteiger partial charge on any atom is -0.341 e. The predicted molar refractivity (Wildman–Crippen MR) is 61.3 cm³/mol. The smallest absolute Gasteiger partial charge is 0.239 e. The van der Waals surface area contributed by atoms with Gasteiger partial charge in [0.25, 0.3) is 0 Å². The van der Waals surface area contributed by atoms with Gasteiger partial charge >= 0.3 is 0 Å². The highest BCUT2D eigenvalue weighted by Crippen LogP contribution is 2.08. The van der Waals surface area contributed by atoms with Crippen LogP contribution in [0.1, 0.15) is 19.8 Å². The highest BCUT2D eigenvalue weighted by molar-refractivity contribution is 7.89. The number of likely N-dealkylation sites (tertiary alicyclic amines) is 1. The van der Waals surface area contributed by atoms with E-state index in [4.69, 9.17) is 5.14 Å². The first-order valence-electron chi connectivity index (χ1n) is 5.43. The minimum absolute atomic E-state index is 0.0342. The number of hydrogen-bond acceptors (Lipinski definition) is 4. The van der Waals surface area contributed by atoms with E-state index >= 15 is 0 Å². The highest BCUT2D eigenvalue weighted by Gasteiger charge is 2.22. The van der Waals surface area contributed by atoms with E-state index in [0.29, 0.717) is 0 Å². The van der Waals surface area contributed by atoms with Gasteiger partial charge < -0.3 is 10.2 Å². The molecule has 0 aromatic heterocycles. The van der Waals surface area contributed by atoms with Gasteiger partial charge in [-0.3, -0.25) is 4.79 Å². The van der Waals surface area contributed by atoms with Crippen molar-refractivity contribution in [3.63, 3.8) is 0 Å². The van der Waals surface area contributed by atoms with Gasteiger partial charge in [-0.1, -0.05) is 0 Å². The second kappa shape index (κ2) is 5.60. The summed E-state index contributed by atoms with van der Waals surface area (Å²) in [5.74, 6) is -0.114. The molecular weight excluding hydrogens is 230 g/mol. The maximum atomic E-state index is 11.8. The lowest BCUT2D eigenvalue weighted by Gasteiger charge is -2.20. The van der Waals surface area contributed by atoms with Crippen LogP contribution < -0.4 is 10.5 Å². The van der Waals surface area contributed by atoms with Crippen LogP contribution in [-0.4, -0.2) is 50.7 Å². The second-order valence-corrected chi connectivity index (χ2v) is 5.81. The van der Waals surface area contributed by atoms with Gasteiger partial charge in [0.05, 0.1) is 11.8 Å². The third-order valence-corrected chi connectivity index (χ3v) is 3.40. The number of nitrogens with two attached hydrogens (primary N) is 1. The van der Waals surface area contributed by atoms with Gasteiger partial charge in [-0.05, 0) is 19.8 Å². The number of hydrogen-bond donors (Lipinski definition) is 2. The molecule has 0 saturated carbocycles. The van der Waals surface area contributed by atoms with Crippen LogP contribution in [0.5, 0.6) is 0 Å². The molecule has 1 fully saturated rings. The molecule has 3 N–H and O–H groups in total. The summed E-state index contributed by atoms with van der Waals surface area (Å²) in [6, 6.07) is -0.347. The lowest BCUT2D eigenvalue weighted by Crippen LogP contribution is -2.45. The molecule has 1 atom stereocenters. The standard InChI is InChI=1S/C9H19N3O3S/c1-8(11-4-7-16(10,14)15)9(13)12-5-2-3-6-12/h8,11H,2-7H2,1H3,(H2,10,14,15). The Labute approximate surface area is 96.2 Å². The van der Waals surface area contributed by atoms with Crippen molar-refractivity contribution in [1.29, 1.82) is 0 Å². The third-order valence-electron chi connectivity index (χ3n) is 2.63. The van der Waals surface area contributed by atoms with Crippen molar-refractivity contribution in [1.82, 2.24) is 10.2 Å². The first-order chi connectivity index (χ1) is 7.40. The molecule has 1 saturated heterocycles. The average Bonchev–Trinajstić information content (AvgIpc) is 2.67. The number of rotatable bonds is 5. The lowest BCUT2D eigenvalue weighted by molar-refractivity contribution is -0.131. The van der Waals surface area contributed by atoms with E-state index < -0.39 is 10.0 Å². The maximum Gasteiger partial charge on any atom is 0.239 e. The number of nitrogens with one attached hydrogen (secondary N) is 1. The van der Waals surface area contributed by atoms with Gasteiger partial charge in [0, 0.05) is 19.6 Å². The lowest BCUT2D eigenvalue weighted by atomic mass is 10.3. The van der Waals surface area contributed by atoms with E-state index in [1.165, 1.54) is 0 Å². The summed E-state index contributed by atoms with van der Waals surface area (Å²) >= 11 is 0. The summed E-state index contributed by atoms with van der Waals surface area (Å²) in [7, 11) is -3.45. The molecule has 1 heterocycles. The van der Waals surface area contributed by atoms with E-state index in [1.807, 2.05) is 0 Å². The second-order valence-electron chi connectivity index (χ2n) is 4.08. The van der Waals surface area contributed by atoms with Crippen LogP contribution in [0.2, 0.25) is 0 Å². The van der Waals surface area contributed by atoms with E-state index in [-0.39, 0.29) is 24.2 Å². The van der Waals surface area contributed by atoms with Crippen LogP contribution >= 0.6 is 0 Å². The number of amides is 1. The van der Waals surface area contributed by atoms with Crippen molar-refractivity contribution in [2.24, 2.45) is 5.14 Å². The van der Waals surface area contributed by atoms with Crippen molar-refractivity contribution >= 4 is 15.9 Å².